The van der Waals surface area contributed by atoms with Crippen molar-refractivity contribution in [3.05, 3.63) is 48.3 Å². The van der Waals surface area contributed by atoms with Gasteiger partial charge in [-0.15, -0.1) is 0 Å². The zero-order valence-electron chi connectivity index (χ0n) is 19.1. The summed E-state index contributed by atoms with van der Waals surface area (Å²) in [6.45, 7) is 8.84. The molecule has 0 saturated carbocycles. The second-order valence-electron chi connectivity index (χ2n) is 8.72. The van der Waals surface area contributed by atoms with E-state index < -0.39 is 0 Å². The van der Waals surface area contributed by atoms with Gasteiger partial charge in [-0.05, 0) is 43.5 Å². The van der Waals surface area contributed by atoms with Crippen molar-refractivity contribution in [2.75, 3.05) is 64.3 Å². The number of rotatable bonds is 7. The normalized spacial score (nSPS) is 20.5. The Balaban J connectivity index is 1.11. The lowest BCUT2D eigenvalue weighted by atomic mass is 10.0. The molecule has 2 fully saturated rings. The zero-order chi connectivity index (χ0) is 21.5. The number of aromatic nitrogens is 2. The minimum atomic E-state index is 0.557. The molecule has 2 saturated heterocycles. The first-order valence-corrected chi connectivity index (χ1v) is 11.7. The van der Waals surface area contributed by atoms with Crippen molar-refractivity contribution >= 4 is 11.6 Å². The Morgan fingerprint density at radius 1 is 1.10 bits per heavy atom. The summed E-state index contributed by atoms with van der Waals surface area (Å²) in [7, 11) is 3.88. The maximum atomic E-state index is 4.52. The number of hydrogen-bond acceptors (Lipinski definition) is 4. The molecule has 2 aliphatic rings. The largest absolute Gasteiger partial charge is 0.369 e. The fraction of sp³-hybridized carbons (Fsp3) is 0.583. The van der Waals surface area contributed by atoms with E-state index in [0.717, 1.165) is 51.8 Å². The van der Waals surface area contributed by atoms with E-state index in [1.54, 1.807) is 0 Å². The van der Waals surface area contributed by atoms with Crippen molar-refractivity contribution in [3.8, 4) is 0 Å². The topological polar surface area (TPSA) is 51.9 Å². The number of aliphatic imine (C=N–C) groups is 1. The number of para-hydroxylation sites is 1. The summed E-state index contributed by atoms with van der Waals surface area (Å²) in [5.74, 6) is 1.60. The highest BCUT2D eigenvalue weighted by molar-refractivity contribution is 5.80. The van der Waals surface area contributed by atoms with E-state index in [4.69, 9.17) is 0 Å². The molecule has 2 aliphatic heterocycles. The van der Waals surface area contributed by atoms with E-state index in [9.17, 15) is 0 Å². The third-order valence-corrected chi connectivity index (χ3v) is 6.57. The molecular formula is C24H37N7. The molecule has 1 aromatic heterocycles. The molecule has 168 valence electrons. The van der Waals surface area contributed by atoms with Crippen LogP contribution >= 0.6 is 0 Å². The van der Waals surface area contributed by atoms with Crippen LogP contribution in [0.25, 0.3) is 0 Å². The summed E-state index contributed by atoms with van der Waals surface area (Å²) in [6, 6.07) is 10.8. The smallest absolute Gasteiger partial charge is 0.193 e. The molecule has 1 N–H and O–H groups in total. The van der Waals surface area contributed by atoms with Gasteiger partial charge < -0.3 is 15.1 Å². The number of anilines is 1. The Bertz CT molecular complexity index is 823. The van der Waals surface area contributed by atoms with Gasteiger partial charge in [-0.3, -0.25) is 14.6 Å². The molecule has 1 unspecified atom stereocenters. The molecule has 2 aromatic rings. The predicted molar refractivity (Wildman–Crippen MR) is 128 cm³/mol. The first-order valence-electron chi connectivity index (χ1n) is 11.7. The summed E-state index contributed by atoms with van der Waals surface area (Å²) in [6.07, 6.45) is 7.72. The number of hydrogen-bond donors (Lipinski definition) is 1. The second kappa shape index (κ2) is 10.7. The number of aryl methyl sites for hydroxylation is 1. The summed E-state index contributed by atoms with van der Waals surface area (Å²) in [4.78, 5) is 12.0. The third kappa shape index (κ3) is 5.79. The molecular weight excluding hydrogens is 386 g/mol. The van der Waals surface area contributed by atoms with Gasteiger partial charge in [0.2, 0.25) is 0 Å². The maximum Gasteiger partial charge on any atom is 0.193 e. The summed E-state index contributed by atoms with van der Waals surface area (Å²) in [5, 5.41) is 7.91. The SMILES string of the molecule is CN=C(NCCCCN1CCN(c2ccccc2)CC1)N1CCC(c2cnn(C)c2)C1. The van der Waals surface area contributed by atoms with Gasteiger partial charge in [-0.25, -0.2) is 0 Å². The predicted octanol–water partition coefficient (Wildman–Crippen LogP) is 2.39. The van der Waals surface area contributed by atoms with Crippen LogP contribution in [0.15, 0.2) is 47.7 Å². The highest BCUT2D eigenvalue weighted by atomic mass is 15.3. The van der Waals surface area contributed by atoms with Crippen LogP contribution in [0.4, 0.5) is 5.69 Å². The third-order valence-electron chi connectivity index (χ3n) is 6.57. The lowest BCUT2D eigenvalue weighted by Gasteiger charge is -2.36. The van der Waals surface area contributed by atoms with Gasteiger partial charge in [0.15, 0.2) is 5.96 Å². The molecule has 0 amide bonds. The average Bonchev–Trinajstić information content (AvgIpc) is 3.46. The van der Waals surface area contributed by atoms with Crippen molar-refractivity contribution in [3.63, 3.8) is 0 Å². The van der Waals surface area contributed by atoms with Crippen LogP contribution in [0.5, 0.6) is 0 Å². The fourth-order valence-corrected chi connectivity index (χ4v) is 4.74. The van der Waals surface area contributed by atoms with Gasteiger partial charge in [-0.1, -0.05) is 18.2 Å². The number of unbranched alkanes of at least 4 members (excludes halogenated alkanes) is 1. The first-order chi connectivity index (χ1) is 15.2. The van der Waals surface area contributed by atoms with Gasteiger partial charge in [0.1, 0.15) is 0 Å². The van der Waals surface area contributed by atoms with Crippen molar-refractivity contribution < 1.29 is 0 Å². The minimum absolute atomic E-state index is 0.557. The van der Waals surface area contributed by atoms with Crippen LogP contribution < -0.4 is 10.2 Å². The van der Waals surface area contributed by atoms with Gasteiger partial charge in [0.25, 0.3) is 0 Å². The van der Waals surface area contributed by atoms with Crippen LogP contribution in [0, 0.1) is 0 Å². The molecule has 0 radical (unpaired) electrons. The van der Waals surface area contributed by atoms with Crippen LogP contribution in [-0.2, 0) is 7.05 Å². The Labute approximate surface area is 186 Å². The van der Waals surface area contributed by atoms with Gasteiger partial charge in [0, 0.05) is 77.7 Å². The number of nitrogens with one attached hydrogen (secondary N) is 1. The second-order valence-corrected chi connectivity index (χ2v) is 8.72. The molecule has 7 nitrogen and oxygen atoms in total. The standard InChI is InChI=1S/C24H37N7/c1-25-24(31-13-10-21(20-31)22-18-27-28(2)19-22)26-11-6-7-12-29-14-16-30(17-15-29)23-8-4-3-5-9-23/h3-5,8-9,18-19,21H,6-7,10-17,20H2,1-2H3,(H,25,26). The molecule has 0 spiro atoms. The fourth-order valence-electron chi connectivity index (χ4n) is 4.74. The van der Waals surface area contributed by atoms with E-state index in [2.05, 4.69) is 66.6 Å². The van der Waals surface area contributed by atoms with Crippen molar-refractivity contribution in [2.45, 2.75) is 25.2 Å². The summed E-state index contributed by atoms with van der Waals surface area (Å²) >= 11 is 0. The highest BCUT2D eigenvalue weighted by Gasteiger charge is 2.26. The summed E-state index contributed by atoms with van der Waals surface area (Å²) in [5.41, 5.74) is 2.69. The number of likely N-dealkylation sites (tertiary alicyclic amines) is 1. The number of piperazine rings is 1. The maximum absolute atomic E-state index is 4.52. The van der Waals surface area contributed by atoms with E-state index in [1.807, 2.05) is 25.0 Å². The monoisotopic (exact) mass is 423 g/mol. The number of guanidine groups is 1. The number of nitrogens with zero attached hydrogens (tertiary/aromatic N) is 6. The zero-order valence-corrected chi connectivity index (χ0v) is 19.1. The first kappa shape index (κ1) is 21.7. The van der Waals surface area contributed by atoms with Crippen LogP contribution in [0.1, 0.15) is 30.7 Å². The highest BCUT2D eigenvalue weighted by Crippen LogP contribution is 2.26. The van der Waals surface area contributed by atoms with Crippen LogP contribution in [0.2, 0.25) is 0 Å². The van der Waals surface area contributed by atoms with Gasteiger partial charge >= 0.3 is 0 Å². The Morgan fingerprint density at radius 2 is 1.90 bits per heavy atom. The van der Waals surface area contributed by atoms with Crippen molar-refractivity contribution in [2.24, 2.45) is 12.0 Å². The Morgan fingerprint density at radius 3 is 2.61 bits per heavy atom. The van der Waals surface area contributed by atoms with E-state index in [-0.39, 0.29) is 0 Å². The summed E-state index contributed by atoms with van der Waals surface area (Å²) < 4.78 is 1.90. The van der Waals surface area contributed by atoms with E-state index in [0.29, 0.717) is 5.92 Å². The molecule has 1 atom stereocenters. The van der Waals surface area contributed by atoms with Crippen LogP contribution in [0.3, 0.4) is 0 Å². The Hall–Kier alpha value is -2.54. The van der Waals surface area contributed by atoms with E-state index >= 15 is 0 Å². The quantitative estimate of drug-likeness (QED) is 0.421. The lowest BCUT2D eigenvalue weighted by molar-refractivity contribution is 0.253. The molecule has 7 heteroatoms. The molecule has 31 heavy (non-hydrogen) atoms. The molecule has 3 heterocycles. The number of benzene rings is 1. The van der Waals surface area contributed by atoms with Crippen molar-refractivity contribution in [1.29, 1.82) is 0 Å². The lowest BCUT2D eigenvalue weighted by Crippen LogP contribution is -2.46. The molecule has 0 aliphatic carbocycles. The minimum Gasteiger partial charge on any atom is -0.369 e. The van der Waals surface area contributed by atoms with Gasteiger partial charge in [-0.2, -0.15) is 5.10 Å². The van der Waals surface area contributed by atoms with E-state index in [1.165, 1.54) is 37.1 Å². The van der Waals surface area contributed by atoms with Crippen LogP contribution in [-0.4, -0.2) is 84.9 Å². The molecule has 0 bridgehead atoms. The van der Waals surface area contributed by atoms with Crippen molar-refractivity contribution in [1.82, 2.24) is 24.9 Å². The molecule has 1 aromatic carbocycles. The van der Waals surface area contributed by atoms with Gasteiger partial charge in [0.05, 0.1) is 6.20 Å². The molecule has 4 rings (SSSR count). The Kier molecular flexibility index (Phi) is 7.46. The average molecular weight is 424 g/mol.